The molecule has 1 aliphatic rings. The first-order valence-corrected chi connectivity index (χ1v) is 8.57. The van der Waals surface area contributed by atoms with Crippen molar-refractivity contribution in [2.75, 3.05) is 11.9 Å². The lowest BCUT2D eigenvalue weighted by atomic mass is 10.1. The van der Waals surface area contributed by atoms with E-state index in [0.717, 1.165) is 29.1 Å². The molecule has 3 N–H and O–H groups in total. The Morgan fingerprint density at radius 3 is 2.84 bits per heavy atom. The van der Waals surface area contributed by atoms with E-state index >= 15 is 0 Å². The molecule has 128 valence electrons. The zero-order chi connectivity index (χ0) is 17.6. The highest BCUT2D eigenvalue weighted by Crippen LogP contribution is 2.16. The number of carbonyl (C=O) groups is 1. The van der Waals surface area contributed by atoms with Gasteiger partial charge in [-0.1, -0.05) is 30.4 Å². The maximum atomic E-state index is 12.4. The summed E-state index contributed by atoms with van der Waals surface area (Å²) in [5.74, 6) is -0.145. The standard InChI is InChI=1S/C19H20N4OS/c1-13-11-14(7-9-20-13)12-22-16-8-10-21-18(24)17(16)19(25)23-15-5-3-2-4-6-15/h2-7,9,11,22H,8,10,12H2,1H3,(H,21,24)(H,23,25). The van der Waals surface area contributed by atoms with Crippen LogP contribution < -0.4 is 16.0 Å². The molecule has 0 radical (unpaired) electrons. The molecule has 0 aliphatic carbocycles. The van der Waals surface area contributed by atoms with Crippen LogP contribution in [0.15, 0.2) is 59.9 Å². The third-order valence-electron chi connectivity index (χ3n) is 3.92. The van der Waals surface area contributed by atoms with Gasteiger partial charge in [-0.25, -0.2) is 0 Å². The topological polar surface area (TPSA) is 66.0 Å². The molecule has 5 nitrogen and oxygen atoms in total. The quantitative estimate of drug-likeness (QED) is 0.722. The van der Waals surface area contributed by atoms with Crippen molar-refractivity contribution in [3.63, 3.8) is 0 Å². The number of carbonyl (C=O) groups excluding carboxylic acids is 1. The summed E-state index contributed by atoms with van der Waals surface area (Å²) in [7, 11) is 0. The van der Waals surface area contributed by atoms with E-state index in [0.29, 0.717) is 23.7 Å². The largest absolute Gasteiger partial charge is 0.383 e. The fourth-order valence-electron chi connectivity index (χ4n) is 2.71. The van der Waals surface area contributed by atoms with E-state index in [9.17, 15) is 4.79 Å². The van der Waals surface area contributed by atoms with Crippen molar-refractivity contribution in [2.45, 2.75) is 19.9 Å². The van der Waals surface area contributed by atoms with Gasteiger partial charge in [0.25, 0.3) is 5.91 Å². The van der Waals surface area contributed by atoms with Gasteiger partial charge >= 0.3 is 0 Å². The highest BCUT2D eigenvalue weighted by molar-refractivity contribution is 7.81. The van der Waals surface area contributed by atoms with Crippen molar-refractivity contribution in [3.05, 3.63) is 71.2 Å². The number of nitrogens with one attached hydrogen (secondary N) is 3. The van der Waals surface area contributed by atoms with Gasteiger partial charge in [0.2, 0.25) is 0 Å². The van der Waals surface area contributed by atoms with Crippen molar-refractivity contribution in [1.29, 1.82) is 0 Å². The van der Waals surface area contributed by atoms with Crippen molar-refractivity contribution in [3.8, 4) is 0 Å². The molecule has 0 spiro atoms. The average molecular weight is 352 g/mol. The molecule has 3 rings (SSSR count). The minimum atomic E-state index is -0.145. The van der Waals surface area contributed by atoms with Crippen LogP contribution in [0.25, 0.3) is 0 Å². The fraction of sp³-hybridized carbons (Fsp3) is 0.211. The van der Waals surface area contributed by atoms with E-state index in [-0.39, 0.29) is 5.91 Å². The summed E-state index contributed by atoms with van der Waals surface area (Å²) in [6.07, 6.45) is 2.51. The van der Waals surface area contributed by atoms with Crippen molar-refractivity contribution >= 4 is 28.8 Å². The minimum absolute atomic E-state index is 0.145. The highest BCUT2D eigenvalue weighted by Gasteiger charge is 2.24. The SMILES string of the molecule is Cc1cc(CNC2=C(C(=S)Nc3ccccc3)C(=O)NCC2)ccn1. The van der Waals surface area contributed by atoms with Gasteiger partial charge in [-0.2, -0.15) is 0 Å². The predicted molar refractivity (Wildman–Crippen MR) is 103 cm³/mol. The molecule has 2 heterocycles. The van der Waals surface area contributed by atoms with Crippen LogP contribution in [0, 0.1) is 6.92 Å². The average Bonchev–Trinajstić information content (AvgIpc) is 2.61. The summed E-state index contributed by atoms with van der Waals surface area (Å²) < 4.78 is 0. The molecule has 1 aliphatic heterocycles. The third-order valence-corrected chi connectivity index (χ3v) is 4.22. The number of aromatic nitrogens is 1. The first-order chi connectivity index (χ1) is 12.1. The number of aryl methyl sites for hydroxylation is 1. The van der Waals surface area contributed by atoms with Crippen LogP contribution in [0.1, 0.15) is 17.7 Å². The predicted octanol–water partition coefficient (Wildman–Crippen LogP) is 2.69. The second-order valence-electron chi connectivity index (χ2n) is 5.84. The first kappa shape index (κ1) is 17.1. The summed E-state index contributed by atoms with van der Waals surface area (Å²) in [4.78, 5) is 17.0. The fourth-order valence-corrected chi connectivity index (χ4v) is 3.04. The molecule has 0 unspecified atom stereocenters. The zero-order valence-corrected chi connectivity index (χ0v) is 14.8. The Hall–Kier alpha value is -2.73. The van der Waals surface area contributed by atoms with E-state index in [4.69, 9.17) is 12.2 Å². The Labute approximate surface area is 152 Å². The van der Waals surface area contributed by atoms with E-state index < -0.39 is 0 Å². The molecular formula is C19H20N4OS. The van der Waals surface area contributed by atoms with Gasteiger partial charge in [0, 0.05) is 42.8 Å². The van der Waals surface area contributed by atoms with Gasteiger partial charge in [-0.3, -0.25) is 9.78 Å². The van der Waals surface area contributed by atoms with Crippen molar-refractivity contribution < 1.29 is 4.79 Å². The van der Waals surface area contributed by atoms with Gasteiger partial charge in [-0.15, -0.1) is 0 Å². The maximum absolute atomic E-state index is 12.4. The molecule has 25 heavy (non-hydrogen) atoms. The Bertz CT molecular complexity index is 817. The van der Waals surface area contributed by atoms with Crippen molar-refractivity contribution in [2.24, 2.45) is 0 Å². The lowest BCUT2D eigenvalue weighted by molar-refractivity contribution is -0.117. The molecule has 0 atom stereocenters. The number of hydrogen-bond acceptors (Lipinski definition) is 4. The molecule has 1 aromatic heterocycles. The second-order valence-corrected chi connectivity index (χ2v) is 6.25. The zero-order valence-electron chi connectivity index (χ0n) is 14.0. The Morgan fingerprint density at radius 2 is 2.08 bits per heavy atom. The molecule has 1 amide bonds. The number of hydrogen-bond donors (Lipinski definition) is 3. The van der Waals surface area contributed by atoms with E-state index in [2.05, 4.69) is 20.9 Å². The summed E-state index contributed by atoms with van der Waals surface area (Å²) in [5, 5.41) is 9.38. The molecule has 0 fully saturated rings. The monoisotopic (exact) mass is 352 g/mol. The van der Waals surface area contributed by atoms with Crippen LogP contribution in [0.5, 0.6) is 0 Å². The molecule has 0 saturated heterocycles. The maximum Gasteiger partial charge on any atom is 0.256 e. The Kier molecular flexibility index (Phi) is 5.40. The van der Waals surface area contributed by atoms with Crippen LogP contribution in [-0.2, 0) is 11.3 Å². The van der Waals surface area contributed by atoms with Crippen LogP contribution in [-0.4, -0.2) is 22.4 Å². The van der Waals surface area contributed by atoms with Gasteiger partial charge < -0.3 is 16.0 Å². The Morgan fingerprint density at radius 1 is 1.28 bits per heavy atom. The number of pyridine rings is 1. The lowest BCUT2D eigenvalue weighted by Crippen LogP contribution is -2.39. The minimum Gasteiger partial charge on any atom is -0.383 e. The van der Waals surface area contributed by atoms with Gasteiger partial charge in [0.1, 0.15) is 4.99 Å². The van der Waals surface area contributed by atoms with E-state index in [1.165, 1.54) is 0 Å². The van der Waals surface area contributed by atoms with Crippen LogP contribution in [0.3, 0.4) is 0 Å². The molecule has 2 aromatic rings. The summed E-state index contributed by atoms with van der Waals surface area (Å²) >= 11 is 5.48. The number of rotatable bonds is 5. The lowest BCUT2D eigenvalue weighted by Gasteiger charge is -2.23. The summed E-state index contributed by atoms with van der Waals surface area (Å²) in [6.45, 7) is 3.19. The molecule has 6 heteroatoms. The van der Waals surface area contributed by atoms with E-state index in [1.54, 1.807) is 6.20 Å². The smallest absolute Gasteiger partial charge is 0.256 e. The normalized spacial score (nSPS) is 14.0. The van der Waals surface area contributed by atoms with Gasteiger partial charge in [-0.05, 0) is 36.8 Å². The highest BCUT2D eigenvalue weighted by atomic mass is 32.1. The molecule has 0 bridgehead atoms. The molecule has 0 saturated carbocycles. The third kappa shape index (κ3) is 4.42. The second kappa shape index (κ2) is 7.90. The number of amides is 1. The van der Waals surface area contributed by atoms with Crippen LogP contribution >= 0.6 is 12.2 Å². The summed E-state index contributed by atoms with van der Waals surface area (Å²) in [5.41, 5.74) is 4.33. The first-order valence-electron chi connectivity index (χ1n) is 8.16. The number of para-hydroxylation sites is 1. The van der Waals surface area contributed by atoms with Crippen molar-refractivity contribution in [1.82, 2.24) is 15.6 Å². The van der Waals surface area contributed by atoms with Crippen LogP contribution in [0.2, 0.25) is 0 Å². The molecular weight excluding hydrogens is 332 g/mol. The molecule has 1 aromatic carbocycles. The number of thiocarbonyl (C=S) groups is 1. The van der Waals surface area contributed by atoms with Gasteiger partial charge in [0.05, 0.1) is 5.57 Å². The summed E-state index contributed by atoms with van der Waals surface area (Å²) in [6, 6.07) is 13.6. The number of anilines is 1. The number of nitrogens with zero attached hydrogens (tertiary/aromatic N) is 1. The van der Waals surface area contributed by atoms with E-state index in [1.807, 2.05) is 49.4 Å². The number of benzene rings is 1. The Balaban J connectivity index is 1.78. The van der Waals surface area contributed by atoms with Crippen LogP contribution in [0.4, 0.5) is 5.69 Å². The van der Waals surface area contributed by atoms with Gasteiger partial charge in [0.15, 0.2) is 0 Å².